The van der Waals surface area contributed by atoms with Gasteiger partial charge in [0.1, 0.15) is 17.1 Å². The third kappa shape index (κ3) is 5.03. The summed E-state index contributed by atoms with van der Waals surface area (Å²) < 4.78 is 5.16. The molecule has 0 saturated carbocycles. The van der Waals surface area contributed by atoms with E-state index in [0.29, 0.717) is 12.2 Å². The lowest BCUT2D eigenvalue weighted by Crippen LogP contribution is -2.46. The van der Waals surface area contributed by atoms with Gasteiger partial charge in [-0.25, -0.2) is 4.79 Å². The molecule has 0 aliphatic carbocycles. The molecular weight excluding hydrogens is 296 g/mol. The Kier molecular flexibility index (Phi) is 5.28. The smallest absolute Gasteiger partial charge is 0.315 e. The van der Waals surface area contributed by atoms with Crippen molar-refractivity contribution in [3.05, 3.63) is 54.0 Å². The van der Waals surface area contributed by atoms with Crippen molar-refractivity contribution in [1.29, 1.82) is 0 Å². The minimum Gasteiger partial charge on any atom is -0.508 e. The maximum atomic E-state index is 11.9. The molecule has 6 heteroatoms. The second-order valence-electron chi connectivity index (χ2n) is 5.85. The zero-order chi connectivity index (χ0) is 16.9. The highest BCUT2D eigenvalue weighted by Crippen LogP contribution is 2.19. The lowest BCUT2D eigenvalue weighted by Gasteiger charge is -2.22. The van der Waals surface area contributed by atoms with Crippen molar-refractivity contribution in [2.45, 2.75) is 31.9 Å². The van der Waals surface area contributed by atoms with Crippen LogP contribution in [0.3, 0.4) is 0 Å². The monoisotopic (exact) mass is 318 g/mol. The first-order valence-electron chi connectivity index (χ1n) is 7.45. The number of carbonyl (C=O) groups is 1. The second-order valence-corrected chi connectivity index (χ2v) is 5.85. The molecule has 2 aromatic rings. The van der Waals surface area contributed by atoms with Crippen molar-refractivity contribution < 1.29 is 19.4 Å². The molecule has 124 valence electrons. The predicted octanol–water partition coefficient (Wildman–Crippen LogP) is 2.12. The van der Waals surface area contributed by atoms with Crippen molar-refractivity contribution in [3.63, 3.8) is 0 Å². The number of nitrogens with one attached hydrogen (secondary N) is 2. The molecule has 0 radical (unpaired) electrons. The van der Waals surface area contributed by atoms with Crippen LogP contribution in [0.15, 0.2) is 47.1 Å². The van der Waals surface area contributed by atoms with Crippen molar-refractivity contribution in [2.75, 3.05) is 6.54 Å². The molecule has 0 aliphatic rings. The summed E-state index contributed by atoms with van der Waals surface area (Å²) in [6.45, 7) is 3.50. The van der Waals surface area contributed by atoms with E-state index in [1.165, 1.54) is 6.26 Å². The molecular formula is C17H22N2O4. The van der Waals surface area contributed by atoms with Gasteiger partial charge < -0.3 is 25.3 Å². The van der Waals surface area contributed by atoms with Crippen molar-refractivity contribution in [1.82, 2.24) is 10.6 Å². The fourth-order valence-electron chi connectivity index (χ4n) is 2.24. The van der Waals surface area contributed by atoms with Crippen LogP contribution in [-0.4, -0.2) is 28.8 Å². The molecule has 0 aliphatic heterocycles. The Morgan fingerprint density at radius 2 is 2.00 bits per heavy atom. The van der Waals surface area contributed by atoms with Gasteiger partial charge in [0, 0.05) is 6.04 Å². The largest absolute Gasteiger partial charge is 0.508 e. The third-order valence-corrected chi connectivity index (χ3v) is 3.50. The first kappa shape index (κ1) is 16.9. The Morgan fingerprint density at radius 3 is 2.61 bits per heavy atom. The van der Waals surface area contributed by atoms with E-state index in [1.807, 2.05) is 19.1 Å². The van der Waals surface area contributed by atoms with Gasteiger partial charge in [-0.3, -0.25) is 0 Å². The summed E-state index contributed by atoms with van der Waals surface area (Å²) in [5, 5.41) is 25.0. The summed E-state index contributed by atoms with van der Waals surface area (Å²) in [5.41, 5.74) is -0.251. The summed E-state index contributed by atoms with van der Waals surface area (Å²) in [4.78, 5) is 11.9. The van der Waals surface area contributed by atoms with Gasteiger partial charge >= 0.3 is 6.03 Å². The SMILES string of the molecule is CC(Cc1ccc(O)cc1)NC(=O)NCC(C)(O)c1ccco1. The Hall–Kier alpha value is -2.47. The minimum absolute atomic E-state index is 0.0400. The lowest BCUT2D eigenvalue weighted by molar-refractivity contribution is 0.0366. The molecule has 0 fully saturated rings. The highest BCUT2D eigenvalue weighted by atomic mass is 16.4. The van der Waals surface area contributed by atoms with Crippen LogP contribution < -0.4 is 10.6 Å². The molecule has 23 heavy (non-hydrogen) atoms. The van der Waals surface area contributed by atoms with Gasteiger partial charge in [0.05, 0.1) is 12.8 Å². The molecule has 2 atom stereocenters. The Balaban J connectivity index is 1.79. The predicted molar refractivity (Wildman–Crippen MR) is 86.1 cm³/mol. The van der Waals surface area contributed by atoms with Crippen LogP contribution in [0.1, 0.15) is 25.2 Å². The van der Waals surface area contributed by atoms with E-state index >= 15 is 0 Å². The van der Waals surface area contributed by atoms with Crippen LogP contribution in [0.2, 0.25) is 0 Å². The maximum Gasteiger partial charge on any atom is 0.315 e. The second kappa shape index (κ2) is 7.19. The van der Waals surface area contributed by atoms with E-state index < -0.39 is 5.60 Å². The van der Waals surface area contributed by atoms with Gasteiger partial charge in [-0.15, -0.1) is 0 Å². The standard InChI is InChI=1S/C17H22N2O4/c1-12(10-13-5-7-14(20)8-6-13)19-16(21)18-11-17(2,22)15-4-3-9-23-15/h3-9,12,20,22H,10-11H2,1-2H3,(H2,18,19,21). The molecule has 6 nitrogen and oxygen atoms in total. The van der Waals surface area contributed by atoms with E-state index in [2.05, 4.69) is 10.6 Å². The number of furan rings is 1. The zero-order valence-corrected chi connectivity index (χ0v) is 13.2. The average Bonchev–Trinajstić information content (AvgIpc) is 3.03. The Morgan fingerprint density at radius 1 is 1.30 bits per heavy atom. The number of rotatable bonds is 6. The summed E-state index contributed by atoms with van der Waals surface area (Å²) in [6, 6.07) is 9.75. The van der Waals surface area contributed by atoms with E-state index in [0.717, 1.165) is 5.56 Å². The van der Waals surface area contributed by atoms with Crippen LogP contribution in [0.25, 0.3) is 0 Å². The van der Waals surface area contributed by atoms with Gasteiger partial charge in [-0.2, -0.15) is 0 Å². The molecule has 0 saturated heterocycles. The molecule has 2 amide bonds. The van der Waals surface area contributed by atoms with Crippen LogP contribution in [0, 0.1) is 0 Å². The van der Waals surface area contributed by atoms with Crippen molar-refractivity contribution in [2.24, 2.45) is 0 Å². The number of phenolic OH excluding ortho intramolecular Hbond substituents is 1. The van der Waals surface area contributed by atoms with E-state index in [4.69, 9.17) is 4.42 Å². The maximum absolute atomic E-state index is 11.9. The number of phenols is 1. The topological polar surface area (TPSA) is 94.7 Å². The van der Waals surface area contributed by atoms with E-state index in [-0.39, 0.29) is 24.4 Å². The van der Waals surface area contributed by atoms with Crippen molar-refractivity contribution >= 4 is 6.03 Å². The van der Waals surface area contributed by atoms with Crippen LogP contribution in [-0.2, 0) is 12.0 Å². The molecule has 1 heterocycles. The fraction of sp³-hybridized carbons (Fsp3) is 0.353. The van der Waals surface area contributed by atoms with E-state index in [9.17, 15) is 15.0 Å². The number of aliphatic hydroxyl groups is 1. The lowest BCUT2D eigenvalue weighted by atomic mass is 10.0. The number of hydrogen-bond acceptors (Lipinski definition) is 4. The van der Waals surface area contributed by atoms with Gasteiger partial charge in [-0.05, 0) is 50.1 Å². The van der Waals surface area contributed by atoms with Crippen LogP contribution >= 0.6 is 0 Å². The quantitative estimate of drug-likeness (QED) is 0.656. The minimum atomic E-state index is -1.26. The summed E-state index contributed by atoms with van der Waals surface area (Å²) in [6.07, 6.45) is 2.12. The fourth-order valence-corrected chi connectivity index (χ4v) is 2.24. The highest BCUT2D eigenvalue weighted by molar-refractivity contribution is 5.74. The molecule has 0 spiro atoms. The Bertz CT molecular complexity index is 621. The van der Waals surface area contributed by atoms with Gasteiger partial charge in [0.25, 0.3) is 0 Å². The van der Waals surface area contributed by atoms with Crippen LogP contribution in [0.4, 0.5) is 4.79 Å². The molecule has 2 unspecified atom stereocenters. The summed E-state index contributed by atoms with van der Waals surface area (Å²) in [5.74, 6) is 0.613. The molecule has 4 N–H and O–H groups in total. The summed E-state index contributed by atoms with van der Waals surface area (Å²) in [7, 11) is 0. The molecule has 1 aromatic heterocycles. The molecule has 2 rings (SSSR count). The summed E-state index contributed by atoms with van der Waals surface area (Å²) >= 11 is 0. The number of carbonyl (C=O) groups excluding carboxylic acids is 1. The molecule has 0 bridgehead atoms. The number of hydrogen-bond donors (Lipinski definition) is 4. The van der Waals surface area contributed by atoms with Crippen molar-refractivity contribution in [3.8, 4) is 5.75 Å². The van der Waals surface area contributed by atoms with Gasteiger partial charge in [-0.1, -0.05) is 12.1 Å². The number of benzene rings is 1. The zero-order valence-electron chi connectivity index (χ0n) is 13.2. The number of aromatic hydroxyl groups is 1. The molecule has 1 aromatic carbocycles. The third-order valence-electron chi connectivity index (χ3n) is 3.50. The van der Waals surface area contributed by atoms with Crippen LogP contribution in [0.5, 0.6) is 5.75 Å². The normalized spacial score (nSPS) is 14.7. The highest BCUT2D eigenvalue weighted by Gasteiger charge is 2.26. The first-order valence-corrected chi connectivity index (χ1v) is 7.45. The Labute approximate surface area is 135 Å². The van der Waals surface area contributed by atoms with E-state index in [1.54, 1.807) is 31.2 Å². The first-order chi connectivity index (χ1) is 10.9. The van der Waals surface area contributed by atoms with Gasteiger partial charge in [0.2, 0.25) is 0 Å². The number of amides is 2. The average molecular weight is 318 g/mol. The number of urea groups is 1. The van der Waals surface area contributed by atoms with Gasteiger partial charge in [0.15, 0.2) is 0 Å².